The summed E-state index contributed by atoms with van der Waals surface area (Å²) in [5, 5.41) is 12.0. The number of hydrogen-bond donors (Lipinski definition) is 2. The van der Waals surface area contributed by atoms with E-state index >= 15 is 0 Å². The molecule has 0 aliphatic carbocycles. The van der Waals surface area contributed by atoms with E-state index in [0.717, 1.165) is 25.3 Å². The van der Waals surface area contributed by atoms with Gasteiger partial charge in [0.15, 0.2) is 5.84 Å². The van der Waals surface area contributed by atoms with Crippen molar-refractivity contribution in [1.82, 2.24) is 4.98 Å². The number of aromatic nitrogens is 1. The minimum atomic E-state index is 0.0984. The van der Waals surface area contributed by atoms with Gasteiger partial charge in [0.25, 0.3) is 0 Å². The Morgan fingerprint density at radius 2 is 2.05 bits per heavy atom. The largest absolute Gasteiger partial charge is 0.409 e. The zero-order valence-corrected chi connectivity index (χ0v) is 11.7. The van der Waals surface area contributed by atoms with Gasteiger partial charge in [-0.3, -0.25) is 0 Å². The third kappa shape index (κ3) is 2.67. The van der Waals surface area contributed by atoms with Gasteiger partial charge in [-0.1, -0.05) is 35.5 Å². The molecule has 5 nitrogen and oxygen atoms in total. The highest BCUT2D eigenvalue weighted by atomic mass is 16.4. The van der Waals surface area contributed by atoms with Gasteiger partial charge in [0, 0.05) is 25.2 Å². The first kappa shape index (κ1) is 13.4. The summed E-state index contributed by atoms with van der Waals surface area (Å²) >= 11 is 0. The average molecular weight is 282 g/mol. The number of hydrogen-bond acceptors (Lipinski definition) is 4. The van der Waals surface area contributed by atoms with E-state index in [1.165, 1.54) is 5.56 Å². The summed E-state index contributed by atoms with van der Waals surface area (Å²) in [6.07, 6.45) is 2.82. The van der Waals surface area contributed by atoms with Gasteiger partial charge >= 0.3 is 0 Å². The number of nitrogens with zero attached hydrogens (tertiary/aromatic N) is 3. The molecule has 1 aromatic heterocycles. The molecule has 3 rings (SSSR count). The highest BCUT2D eigenvalue weighted by Gasteiger charge is 2.26. The number of pyridine rings is 1. The fourth-order valence-corrected chi connectivity index (χ4v) is 2.85. The van der Waals surface area contributed by atoms with Crippen molar-refractivity contribution in [3.63, 3.8) is 0 Å². The monoisotopic (exact) mass is 282 g/mol. The first-order valence-corrected chi connectivity index (χ1v) is 7.02. The van der Waals surface area contributed by atoms with E-state index in [2.05, 4.69) is 39.3 Å². The van der Waals surface area contributed by atoms with Crippen LogP contribution in [0.4, 0.5) is 5.82 Å². The molecular weight excluding hydrogens is 264 g/mol. The van der Waals surface area contributed by atoms with Crippen LogP contribution >= 0.6 is 0 Å². The molecule has 1 aliphatic heterocycles. The molecule has 0 bridgehead atoms. The van der Waals surface area contributed by atoms with Crippen LogP contribution in [0.1, 0.15) is 23.5 Å². The Morgan fingerprint density at radius 1 is 1.24 bits per heavy atom. The van der Waals surface area contributed by atoms with Crippen LogP contribution < -0.4 is 10.6 Å². The molecule has 1 saturated heterocycles. The van der Waals surface area contributed by atoms with Gasteiger partial charge in [-0.25, -0.2) is 4.98 Å². The van der Waals surface area contributed by atoms with Gasteiger partial charge in [0.1, 0.15) is 5.82 Å². The number of amidine groups is 1. The second kappa shape index (κ2) is 5.83. The van der Waals surface area contributed by atoms with Gasteiger partial charge in [0.05, 0.1) is 5.56 Å². The topological polar surface area (TPSA) is 74.7 Å². The van der Waals surface area contributed by atoms with Crippen molar-refractivity contribution in [2.24, 2.45) is 10.9 Å². The minimum Gasteiger partial charge on any atom is -0.409 e. The Morgan fingerprint density at radius 3 is 2.81 bits per heavy atom. The number of oxime groups is 1. The quantitative estimate of drug-likeness (QED) is 0.391. The summed E-state index contributed by atoms with van der Waals surface area (Å²) in [6.45, 7) is 1.81. The molecular formula is C16H18N4O. The van der Waals surface area contributed by atoms with Gasteiger partial charge in [-0.05, 0) is 24.1 Å². The van der Waals surface area contributed by atoms with Crippen LogP contribution in [0.5, 0.6) is 0 Å². The molecule has 1 fully saturated rings. The highest BCUT2D eigenvalue weighted by molar-refractivity contribution is 6.01. The average Bonchev–Trinajstić information content (AvgIpc) is 3.05. The lowest BCUT2D eigenvalue weighted by atomic mass is 9.99. The Kier molecular flexibility index (Phi) is 3.73. The van der Waals surface area contributed by atoms with E-state index in [4.69, 9.17) is 10.9 Å². The molecule has 3 N–H and O–H groups in total. The van der Waals surface area contributed by atoms with Gasteiger partial charge in [-0.2, -0.15) is 0 Å². The van der Waals surface area contributed by atoms with E-state index in [1.54, 1.807) is 12.3 Å². The third-order valence-corrected chi connectivity index (χ3v) is 3.93. The zero-order chi connectivity index (χ0) is 14.7. The first-order valence-electron chi connectivity index (χ1n) is 7.02. The molecule has 1 aliphatic rings. The van der Waals surface area contributed by atoms with E-state index in [-0.39, 0.29) is 5.84 Å². The second-order valence-electron chi connectivity index (χ2n) is 5.20. The molecule has 2 aromatic rings. The maximum atomic E-state index is 8.90. The molecule has 0 radical (unpaired) electrons. The van der Waals surface area contributed by atoms with Crippen LogP contribution in [0.25, 0.3) is 0 Å². The van der Waals surface area contributed by atoms with Crippen LogP contribution in [0.3, 0.4) is 0 Å². The fourth-order valence-electron chi connectivity index (χ4n) is 2.85. The maximum Gasteiger partial charge on any atom is 0.173 e. The van der Waals surface area contributed by atoms with Crippen molar-refractivity contribution in [2.75, 3.05) is 18.0 Å². The lowest BCUT2D eigenvalue weighted by molar-refractivity contribution is 0.318. The minimum absolute atomic E-state index is 0.0984. The third-order valence-electron chi connectivity index (χ3n) is 3.93. The van der Waals surface area contributed by atoms with E-state index in [0.29, 0.717) is 11.5 Å². The van der Waals surface area contributed by atoms with Crippen molar-refractivity contribution < 1.29 is 5.21 Å². The fraction of sp³-hybridized carbons (Fsp3) is 0.250. The van der Waals surface area contributed by atoms with E-state index in [1.807, 2.05) is 12.1 Å². The Bertz CT molecular complexity index is 642. The number of anilines is 1. The molecule has 21 heavy (non-hydrogen) atoms. The molecule has 1 unspecified atom stereocenters. The standard InChI is InChI=1S/C16H18N4O/c17-15(19-21)14-7-4-9-18-16(14)20-10-8-13(11-20)12-5-2-1-3-6-12/h1-7,9,13,21H,8,10-11H2,(H2,17,19). The molecule has 108 valence electrons. The summed E-state index contributed by atoms with van der Waals surface area (Å²) in [5.74, 6) is 1.38. The smallest absolute Gasteiger partial charge is 0.173 e. The van der Waals surface area contributed by atoms with Crippen molar-refractivity contribution in [3.8, 4) is 0 Å². The lowest BCUT2D eigenvalue weighted by Crippen LogP contribution is -2.25. The summed E-state index contributed by atoms with van der Waals surface area (Å²) in [4.78, 5) is 6.61. The van der Waals surface area contributed by atoms with Gasteiger partial charge < -0.3 is 15.8 Å². The molecule has 0 saturated carbocycles. The van der Waals surface area contributed by atoms with E-state index < -0.39 is 0 Å². The predicted molar refractivity (Wildman–Crippen MR) is 82.8 cm³/mol. The predicted octanol–water partition coefficient (Wildman–Crippen LogP) is 2.17. The van der Waals surface area contributed by atoms with Gasteiger partial charge in [-0.15, -0.1) is 0 Å². The number of rotatable bonds is 3. The van der Waals surface area contributed by atoms with Crippen molar-refractivity contribution in [3.05, 3.63) is 59.8 Å². The molecule has 0 amide bonds. The zero-order valence-electron chi connectivity index (χ0n) is 11.7. The van der Waals surface area contributed by atoms with Crippen molar-refractivity contribution in [2.45, 2.75) is 12.3 Å². The molecule has 1 atom stereocenters. The number of benzene rings is 1. The Balaban J connectivity index is 1.84. The number of nitrogens with two attached hydrogens (primary N) is 1. The van der Waals surface area contributed by atoms with Gasteiger partial charge in [0.2, 0.25) is 0 Å². The van der Waals surface area contributed by atoms with Crippen LogP contribution in [-0.4, -0.2) is 29.1 Å². The second-order valence-corrected chi connectivity index (χ2v) is 5.20. The van der Waals surface area contributed by atoms with Crippen LogP contribution in [0.15, 0.2) is 53.8 Å². The Hall–Kier alpha value is -2.56. The lowest BCUT2D eigenvalue weighted by Gasteiger charge is -2.20. The summed E-state index contributed by atoms with van der Waals surface area (Å²) in [6, 6.07) is 14.1. The molecule has 1 aromatic carbocycles. The molecule has 2 heterocycles. The maximum absolute atomic E-state index is 8.90. The summed E-state index contributed by atoms with van der Waals surface area (Å²) in [5.41, 5.74) is 7.76. The van der Waals surface area contributed by atoms with Crippen molar-refractivity contribution >= 4 is 11.7 Å². The van der Waals surface area contributed by atoms with Crippen LogP contribution in [0.2, 0.25) is 0 Å². The molecule has 5 heteroatoms. The van der Waals surface area contributed by atoms with E-state index in [9.17, 15) is 0 Å². The Labute approximate surface area is 123 Å². The summed E-state index contributed by atoms with van der Waals surface area (Å²) < 4.78 is 0. The first-order chi connectivity index (χ1) is 10.3. The van der Waals surface area contributed by atoms with Crippen LogP contribution in [0, 0.1) is 0 Å². The van der Waals surface area contributed by atoms with Crippen molar-refractivity contribution in [1.29, 1.82) is 0 Å². The SMILES string of the molecule is N/C(=N/O)c1cccnc1N1CCC(c2ccccc2)C1. The summed E-state index contributed by atoms with van der Waals surface area (Å²) in [7, 11) is 0. The van der Waals surface area contributed by atoms with Crippen LogP contribution in [-0.2, 0) is 0 Å². The normalized spacial score (nSPS) is 19.0. The highest BCUT2D eigenvalue weighted by Crippen LogP contribution is 2.31. The molecule has 0 spiro atoms.